The van der Waals surface area contributed by atoms with Crippen molar-refractivity contribution in [2.45, 2.75) is 26.2 Å². The van der Waals surface area contributed by atoms with Crippen LogP contribution in [0.1, 0.15) is 25.3 Å². The Morgan fingerprint density at radius 1 is 1.35 bits per heavy atom. The molecule has 3 unspecified atom stereocenters. The second-order valence-electron chi connectivity index (χ2n) is 5.48. The Hall–Kier alpha value is -1.35. The van der Waals surface area contributed by atoms with E-state index < -0.39 is 11.9 Å². The number of ketones is 1. The molecule has 0 aromatic heterocycles. The molecule has 2 rings (SSSR count). The number of Topliss-reactive ketones (excluding diaryl/α,β-unsaturated/α-hetero) is 1. The molecule has 1 fully saturated rings. The van der Waals surface area contributed by atoms with Gasteiger partial charge in [-0.05, 0) is 42.9 Å². The Labute approximate surface area is 124 Å². The fraction of sp³-hybridized carbons (Fsp3) is 0.500. The van der Waals surface area contributed by atoms with Crippen molar-refractivity contribution >= 4 is 23.4 Å². The summed E-state index contributed by atoms with van der Waals surface area (Å²) in [7, 11) is 1.34. The Bertz CT molecular complexity index is 495. The number of carbonyl (C=O) groups is 2. The van der Waals surface area contributed by atoms with E-state index in [-0.39, 0.29) is 17.6 Å². The number of hydrogen-bond donors (Lipinski definition) is 0. The topological polar surface area (TPSA) is 43.4 Å². The van der Waals surface area contributed by atoms with Crippen LogP contribution in [0.2, 0.25) is 5.02 Å². The Morgan fingerprint density at radius 3 is 2.60 bits per heavy atom. The van der Waals surface area contributed by atoms with Crippen LogP contribution in [0, 0.1) is 17.8 Å². The maximum Gasteiger partial charge on any atom is 0.316 e. The number of ether oxygens (including phenoxy) is 1. The predicted molar refractivity (Wildman–Crippen MR) is 77.6 cm³/mol. The molecule has 1 aliphatic rings. The first-order chi connectivity index (χ1) is 9.52. The lowest BCUT2D eigenvalue weighted by Crippen LogP contribution is -2.26. The standard InChI is InChI=1S/C16H19ClO3/c1-10-9-12(15(18)14(10)16(19)20-2)6-3-11-4-7-13(17)8-5-11/h4-5,7-8,10,12,14H,3,6,9H2,1-2H3. The van der Waals surface area contributed by atoms with Crippen molar-refractivity contribution in [1.29, 1.82) is 0 Å². The number of methoxy groups -OCH3 is 1. The summed E-state index contributed by atoms with van der Waals surface area (Å²) < 4.78 is 4.72. The molecular weight excluding hydrogens is 276 g/mol. The summed E-state index contributed by atoms with van der Waals surface area (Å²) in [5, 5.41) is 0.713. The molecule has 108 valence electrons. The van der Waals surface area contributed by atoms with Gasteiger partial charge in [0, 0.05) is 10.9 Å². The number of carbonyl (C=O) groups excluding carboxylic acids is 2. The minimum atomic E-state index is -0.574. The highest BCUT2D eigenvalue weighted by Crippen LogP contribution is 2.36. The molecule has 4 heteroatoms. The summed E-state index contributed by atoms with van der Waals surface area (Å²) in [5.74, 6) is -0.889. The van der Waals surface area contributed by atoms with Crippen molar-refractivity contribution in [3.05, 3.63) is 34.9 Å². The highest BCUT2D eigenvalue weighted by atomic mass is 35.5. The molecule has 0 radical (unpaired) electrons. The van der Waals surface area contributed by atoms with Crippen LogP contribution in [0.3, 0.4) is 0 Å². The van der Waals surface area contributed by atoms with E-state index in [1.165, 1.54) is 7.11 Å². The summed E-state index contributed by atoms with van der Waals surface area (Å²) in [5.41, 5.74) is 1.16. The van der Waals surface area contributed by atoms with Gasteiger partial charge in [0.15, 0.2) is 0 Å². The molecule has 3 atom stereocenters. The molecule has 0 bridgehead atoms. The zero-order valence-corrected chi connectivity index (χ0v) is 12.5. The molecule has 3 nitrogen and oxygen atoms in total. The lowest BCUT2D eigenvalue weighted by Gasteiger charge is -2.10. The van der Waals surface area contributed by atoms with Gasteiger partial charge in [-0.2, -0.15) is 0 Å². The number of rotatable bonds is 4. The average molecular weight is 295 g/mol. The van der Waals surface area contributed by atoms with Crippen LogP contribution < -0.4 is 0 Å². The monoisotopic (exact) mass is 294 g/mol. The van der Waals surface area contributed by atoms with Gasteiger partial charge >= 0.3 is 5.97 Å². The highest BCUT2D eigenvalue weighted by Gasteiger charge is 2.44. The number of benzene rings is 1. The van der Waals surface area contributed by atoms with E-state index in [1.807, 2.05) is 31.2 Å². The predicted octanol–water partition coefficient (Wildman–Crippen LogP) is 3.29. The fourth-order valence-electron chi connectivity index (χ4n) is 2.96. The second kappa shape index (κ2) is 6.40. The number of hydrogen-bond acceptors (Lipinski definition) is 3. The van der Waals surface area contributed by atoms with E-state index in [1.54, 1.807) is 0 Å². The lowest BCUT2D eigenvalue weighted by atomic mass is 9.95. The minimum absolute atomic E-state index is 0.0372. The zero-order valence-electron chi connectivity index (χ0n) is 11.8. The van der Waals surface area contributed by atoms with Gasteiger partial charge in [-0.3, -0.25) is 9.59 Å². The number of aryl methyl sites for hydroxylation is 1. The molecule has 1 aliphatic carbocycles. The van der Waals surface area contributed by atoms with Gasteiger partial charge in [-0.25, -0.2) is 0 Å². The SMILES string of the molecule is COC(=O)C1C(=O)C(CCc2ccc(Cl)cc2)CC1C. The first-order valence-electron chi connectivity index (χ1n) is 6.89. The molecule has 20 heavy (non-hydrogen) atoms. The third kappa shape index (κ3) is 3.21. The van der Waals surface area contributed by atoms with E-state index in [0.29, 0.717) is 5.02 Å². The van der Waals surface area contributed by atoms with Crippen LogP contribution >= 0.6 is 11.6 Å². The summed E-state index contributed by atoms with van der Waals surface area (Å²) in [6.07, 6.45) is 2.37. The van der Waals surface area contributed by atoms with Gasteiger partial charge in [-0.15, -0.1) is 0 Å². The van der Waals surface area contributed by atoms with Crippen LogP contribution in [0.4, 0.5) is 0 Å². The highest BCUT2D eigenvalue weighted by molar-refractivity contribution is 6.30. The minimum Gasteiger partial charge on any atom is -0.468 e. The van der Waals surface area contributed by atoms with Crippen molar-refractivity contribution in [3.8, 4) is 0 Å². The summed E-state index contributed by atoms with van der Waals surface area (Å²) in [4.78, 5) is 23.9. The van der Waals surface area contributed by atoms with E-state index >= 15 is 0 Å². The van der Waals surface area contributed by atoms with Crippen LogP contribution in [0.5, 0.6) is 0 Å². The average Bonchev–Trinajstić information content (AvgIpc) is 2.72. The summed E-state index contributed by atoms with van der Waals surface area (Å²) >= 11 is 5.85. The number of esters is 1. The molecule has 0 N–H and O–H groups in total. The third-order valence-corrected chi connectivity index (χ3v) is 4.34. The van der Waals surface area contributed by atoms with E-state index in [0.717, 1.165) is 24.8 Å². The van der Waals surface area contributed by atoms with Crippen LogP contribution in [0.25, 0.3) is 0 Å². The van der Waals surface area contributed by atoms with Crippen molar-refractivity contribution in [2.75, 3.05) is 7.11 Å². The van der Waals surface area contributed by atoms with Gasteiger partial charge in [0.2, 0.25) is 0 Å². The molecule has 1 saturated carbocycles. The quantitative estimate of drug-likeness (QED) is 0.632. The first kappa shape index (κ1) is 15.0. The molecule has 0 heterocycles. The second-order valence-corrected chi connectivity index (χ2v) is 5.91. The molecule has 0 spiro atoms. The van der Waals surface area contributed by atoms with Gasteiger partial charge < -0.3 is 4.74 Å². The van der Waals surface area contributed by atoms with Gasteiger partial charge in [0.25, 0.3) is 0 Å². The molecule has 0 amide bonds. The van der Waals surface area contributed by atoms with Crippen LogP contribution in [-0.4, -0.2) is 18.9 Å². The maximum atomic E-state index is 12.3. The van der Waals surface area contributed by atoms with Gasteiger partial charge in [0.05, 0.1) is 7.11 Å². The largest absolute Gasteiger partial charge is 0.468 e. The maximum absolute atomic E-state index is 12.3. The van der Waals surface area contributed by atoms with Crippen LogP contribution in [-0.2, 0) is 20.7 Å². The normalized spacial score (nSPS) is 25.8. The zero-order chi connectivity index (χ0) is 14.7. The third-order valence-electron chi connectivity index (χ3n) is 4.08. The van der Waals surface area contributed by atoms with Gasteiger partial charge in [0.1, 0.15) is 11.7 Å². The number of halogens is 1. The van der Waals surface area contributed by atoms with Crippen molar-refractivity contribution in [3.63, 3.8) is 0 Å². The Kier molecular flexibility index (Phi) is 4.81. The van der Waals surface area contributed by atoms with E-state index in [2.05, 4.69) is 0 Å². The molecular formula is C16H19ClO3. The van der Waals surface area contributed by atoms with E-state index in [9.17, 15) is 9.59 Å². The Morgan fingerprint density at radius 2 is 2.00 bits per heavy atom. The van der Waals surface area contributed by atoms with Crippen molar-refractivity contribution in [1.82, 2.24) is 0 Å². The summed E-state index contributed by atoms with van der Waals surface area (Å²) in [6, 6.07) is 7.66. The van der Waals surface area contributed by atoms with Crippen molar-refractivity contribution in [2.24, 2.45) is 17.8 Å². The molecule has 0 aliphatic heterocycles. The van der Waals surface area contributed by atoms with Gasteiger partial charge in [-0.1, -0.05) is 30.7 Å². The molecule has 1 aromatic carbocycles. The van der Waals surface area contributed by atoms with Crippen molar-refractivity contribution < 1.29 is 14.3 Å². The molecule has 0 saturated heterocycles. The Balaban J connectivity index is 1.96. The fourth-order valence-corrected chi connectivity index (χ4v) is 3.09. The summed E-state index contributed by atoms with van der Waals surface area (Å²) in [6.45, 7) is 1.95. The first-order valence-corrected chi connectivity index (χ1v) is 7.26. The smallest absolute Gasteiger partial charge is 0.316 e. The van der Waals surface area contributed by atoms with E-state index in [4.69, 9.17) is 16.3 Å². The van der Waals surface area contributed by atoms with Crippen LogP contribution in [0.15, 0.2) is 24.3 Å². The lowest BCUT2D eigenvalue weighted by molar-refractivity contribution is -0.150. The molecule has 1 aromatic rings.